The largest absolute Gasteiger partial charge is 0.367 e. The summed E-state index contributed by atoms with van der Waals surface area (Å²) >= 11 is 0. The van der Waals surface area contributed by atoms with Crippen LogP contribution in [0.1, 0.15) is 33.6 Å². The lowest BCUT2D eigenvalue weighted by Crippen LogP contribution is -2.51. The van der Waals surface area contributed by atoms with Crippen molar-refractivity contribution in [2.24, 2.45) is 12.0 Å². The minimum atomic E-state index is -0.854. The molecule has 1 fully saturated rings. The summed E-state index contributed by atoms with van der Waals surface area (Å²) in [6, 6.07) is 0.341. The molecule has 9 heteroatoms. The van der Waals surface area contributed by atoms with Gasteiger partial charge in [-0.2, -0.15) is 5.10 Å². The molecule has 0 amide bonds. The van der Waals surface area contributed by atoms with Crippen LogP contribution in [-0.4, -0.2) is 63.2 Å². The van der Waals surface area contributed by atoms with Gasteiger partial charge in [0.2, 0.25) is 0 Å². The Kier molecular flexibility index (Phi) is 9.35. The number of aromatic nitrogens is 2. The number of rotatable bonds is 5. The highest BCUT2D eigenvalue weighted by molar-refractivity contribution is 14.0. The first-order valence-electron chi connectivity index (χ1n) is 8.89. The molecule has 26 heavy (non-hydrogen) atoms. The summed E-state index contributed by atoms with van der Waals surface area (Å²) in [6.07, 6.45) is 6.22. The van der Waals surface area contributed by atoms with Crippen molar-refractivity contribution in [2.45, 2.75) is 44.4 Å². The fraction of sp³-hybridized carbons (Fsp3) is 0.765. The van der Waals surface area contributed by atoms with Crippen LogP contribution < -0.4 is 15.5 Å². The number of piperidine rings is 1. The SMILES string of the molecule is CN=C(NCCS(=O)C(C)(C)C)NC1CCCN(c2cnn(C)c2)C1.I. The topological polar surface area (TPSA) is 74.6 Å². The van der Waals surface area contributed by atoms with Crippen LogP contribution in [0.4, 0.5) is 5.69 Å². The lowest BCUT2D eigenvalue weighted by molar-refractivity contribution is 0.468. The van der Waals surface area contributed by atoms with Crippen molar-refractivity contribution in [1.29, 1.82) is 0 Å². The normalized spacial score (nSPS) is 19.7. The quantitative estimate of drug-likeness (QED) is 0.369. The first kappa shape index (κ1) is 23.2. The van der Waals surface area contributed by atoms with Gasteiger partial charge in [-0.05, 0) is 33.6 Å². The minimum absolute atomic E-state index is 0. The highest BCUT2D eigenvalue weighted by Crippen LogP contribution is 2.18. The van der Waals surface area contributed by atoms with E-state index in [1.54, 1.807) is 7.05 Å². The molecule has 1 saturated heterocycles. The van der Waals surface area contributed by atoms with Crippen molar-refractivity contribution in [2.75, 3.05) is 37.3 Å². The Bertz CT molecular complexity index is 613. The van der Waals surface area contributed by atoms with Crippen molar-refractivity contribution >= 4 is 46.4 Å². The average molecular weight is 496 g/mol. The Morgan fingerprint density at radius 1 is 1.46 bits per heavy atom. The molecule has 1 aromatic heterocycles. The summed E-state index contributed by atoms with van der Waals surface area (Å²) < 4.78 is 13.8. The Balaban J connectivity index is 0.00000338. The fourth-order valence-corrected chi connectivity index (χ4v) is 3.76. The standard InChI is InChI=1S/C17H32N6OS.HI/c1-17(2,3)25(24)10-8-19-16(18-4)21-14-7-6-9-23(12-14)15-11-20-22(5)13-15;/h11,13-14H,6-10,12H2,1-5H3,(H2,18,19,21);1H. The molecule has 0 bridgehead atoms. The van der Waals surface area contributed by atoms with Gasteiger partial charge in [-0.3, -0.25) is 13.9 Å². The van der Waals surface area contributed by atoms with E-state index in [0.29, 0.717) is 18.3 Å². The minimum Gasteiger partial charge on any atom is -0.367 e. The van der Waals surface area contributed by atoms with Crippen molar-refractivity contribution < 1.29 is 4.21 Å². The van der Waals surface area contributed by atoms with Gasteiger partial charge in [-0.25, -0.2) is 0 Å². The van der Waals surface area contributed by atoms with Gasteiger partial charge >= 0.3 is 0 Å². The Hall–Kier alpha value is -0.840. The van der Waals surface area contributed by atoms with Gasteiger partial charge in [0, 0.05) is 67.3 Å². The van der Waals surface area contributed by atoms with Gasteiger partial charge in [0.05, 0.1) is 11.9 Å². The predicted octanol–water partition coefficient (Wildman–Crippen LogP) is 1.72. The number of hydrogen-bond acceptors (Lipinski definition) is 4. The van der Waals surface area contributed by atoms with E-state index in [4.69, 9.17) is 0 Å². The van der Waals surface area contributed by atoms with Gasteiger partial charge in [-0.15, -0.1) is 24.0 Å². The third-order valence-electron chi connectivity index (χ3n) is 4.31. The molecule has 2 N–H and O–H groups in total. The molecular weight excluding hydrogens is 463 g/mol. The van der Waals surface area contributed by atoms with Gasteiger partial charge in [0.1, 0.15) is 0 Å². The summed E-state index contributed by atoms with van der Waals surface area (Å²) in [6.45, 7) is 8.66. The Morgan fingerprint density at radius 3 is 2.77 bits per heavy atom. The molecule has 2 rings (SSSR count). The monoisotopic (exact) mass is 496 g/mol. The second-order valence-electron chi connectivity index (χ2n) is 7.46. The maximum atomic E-state index is 12.1. The maximum absolute atomic E-state index is 12.1. The Morgan fingerprint density at radius 2 is 2.19 bits per heavy atom. The average Bonchev–Trinajstić information content (AvgIpc) is 2.99. The van der Waals surface area contributed by atoms with Gasteiger partial charge in [0.15, 0.2) is 5.96 Å². The summed E-state index contributed by atoms with van der Waals surface area (Å²) in [7, 11) is 2.86. The van der Waals surface area contributed by atoms with Crippen LogP contribution in [0.3, 0.4) is 0 Å². The molecule has 150 valence electrons. The second kappa shape index (κ2) is 10.5. The molecule has 2 unspecified atom stereocenters. The molecule has 2 atom stereocenters. The van der Waals surface area contributed by atoms with E-state index in [1.165, 1.54) is 0 Å². The van der Waals surface area contributed by atoms with Crippen molar-refractivity contribution in [3.63, 3.8) is 0 Å². The molecule has 0 aromatic carbocycles. The van der Waals surface area contributed by atoms with E-state index in [1.807, 2.05) is 38.7 Å². The van der Waals surface area contributed by atoms with Crippen LogP contribution >= 0.6 is 24.0 Å². The highest BCUT2D eigenvalue weighted by atomic mass is 127. The number of halogens is 1. The molecule has 1 aromatic rings. The van der Waals surface area contributed by atoms with Gasteiger partial charge < -0.3 is 15.5 Å². The molecule has 0 aliphatic carbocycles. The van der Waals surface area contributed by atoms with E-state index in [0.717, 1.165) is 37.6 Å². The summed E-state index contributed by atoms with van der Waals surface area (Å²) in [4.78, 5) is 6.66. The molecule has 0 saturated carbocycles. The zero-order valence-corrected chi connectivity index (χ0v) is 19.6. The first-order chi connectivity index (χ1) is 11.8. The van der Waals surface area contributed by atoms with Crippen LogP contribution in [0, 0.1) is 0 Å². The molecular formula is C17H33IN6OS. The molecule has 0 spiro atoms. The molecule has 0 radical (unpaired) electrons. The molecule has 1 aliphatic rings. The lowest BCUT2D eigenvalue weighted by atomic mass is 10.1. The van der Waals surface area contributed by atoms with Crippen LogP contribution in [-0.2, 0) is 17.8 Å². The number of aliphatic imine (C=N–C) groups is 1. The third kappa shape index (κ3) is 7.05. The second-order valence-corrected chi connectivity index (χ2v) is 9.79. The van der Waals surface area contributed by atoms with E-state index in [2.05, 4.69) is 31.8 Å². The highest BCUT2D eigenvalue weighted by Gasteiger charge is 2.22. The van der Waals surface area contributed by atoms with E-state index in [9.17, 15) is 4.21 Å². The smallest absolute Gasteiger partial charge is 0.191 e. The van der Waals surface area contributed by atoms with Gasteiger partial charge in [-0.1, -0.05) is 0 Å². The Labute approximate surface area is 176 Å². The van der Waals surface area contributed by atoms with Crippen molar-refractivity contribution in [1.82, 2.24) is 20.4 Å². The van der Waals surface area contributed by atoms with E-state index in [-0.39, 0.29) is 28.7 Å². The fourth-order valence-electron chi connectivity index (χ4n) is 2.86. The van der Waals surface area contributed by atoms with Crippen LogP contribution in [0.5, 0.6) is 0 Å². The zero-order valence-electron chi connectivity index (χ0n) is 16.5. The van der Waals surface area contributed by atoms with Crippen molar-refractivity contribution in [3.05, 3.63) is 12.4 Å². The number of nitrogens with zero attached hydrogens (tertiary/aromatic N) is 4. The van der Waals surface area contributed by atoms with Crippen LogP contribution in [0.2, 0.25) is 0 Å². The molecule has 7 nitrogen and oxygen atoms in total. The maximum Gasteiger partial charge on any atom is 0.191 e. The number of nitrogens with one attached hydrogen (secondary N) is 2. The number of guanidine groups is 1. The van der Waals surface area contributed by atoms with E-state index < -0.39 is 10.8 Å². The first-order valence-corrected chi connectivity index (χ1v) is 10.2. The lowest BCUT2D eigenvalue weighted by Gasteiger charge is -2.34. The van der Waals surface area contributed by atoms with Crippen molar-refractivity contribution in [3.8, 4) is 0 Å². The number of aryl methyl sites for hydroxylation is 1. The third-order valence-corrected chi connectivity index (χ3v) is 6.25. The van der Waals surface area contributed by atoms with E-state index >= 15 is 0 Å². The van der Waals surface area contributed by atoms with Crippen LogP contribution in [0.25, 0.3) is 0 Å². The predicted molar refractivity (Wildman–Crippen MR) is 121 cm³/mol. The number of anilines is 1. The molecule has 2 heterocycles. The summed E-state index contributed by atoms with van der Waals surface area (Å²) in [5, 5.41) is 11.0. The van der Waals surface area contributed by atoms with Crippen LogP contribution in [0.15, 0.2) is 17.4 Å². The molecule has 1 aliphatic heterocycles. The van der Waals surface area contributed by atoms with Gasteiger partial charge in [0.25, 0.3) is 0 Å². The number of hydrogen-bond donors (Lipinski definition) is 2. The zero-order chi connectivity index (χ0) is 18.4. The summed E-state index contributed by atoms with van der Waals surface area (Å²) in [5.74, 6) is 1.40. The summed E-state index contributed by atoms with van der Waals surface area (Å²) in [5.41, 5.74) is 1.16.